The Hall–Kier alpha value is -3.83. The summed E-state index contributed by atoms with van der Waals surface area (Å²) < 4.78 is 0. The number of nitrogens with one attached hydrogen (secondary N) is 4. The Bertz CT molecular complexity index is 901. The number of hydrazone groups is 1. The third-order valence-corrected chi connectivity index (χ3v) is 2.65. The molecule has 0 aliphatic carbocycles. The van der Waals surface area contributed by atoms with Crippen molar-refractivity contribution in [1.82, 2.24) is 20.6 Å². The quantitative estimate of drug-likeness (QED) is 0.295. The van der Waals surface area contributed by atoms with Gasteiger partial charge >= 0.3 is 5.69 Å². The van der Waals surface area contributed by atoms with Gasteiger partial charge in [0.2, 0.25) is 5.82 Å². The van der Waals surface area contributed by atoms with Crippen LogP contribution in [0.3, 0.4) is 0 Å². The number of benzene rings is 1. The summed E-state index contributed by atoms with van der Waals surface area (Å²) in [6.07, 6.45) is 1.13. The molecular weight excluding hydrogens is 322 g/mol. The van der Waals surface area contributed by atoms with E-state index in [0.29, 0.717) is 0 Å². The molecule has 0 spiro atoms. The van der Waals surface area contributed by atoms with Gasteiger partial charge in [-0.15, -0.1) is 5.10 Å². The third kappa shape index (κ3) is 4.33. The first-order valence-electron chi connectivity index (χ1n) is 6.45. The number of carbonyl (C=O) groups excluding carboxylic acids is 1. The third-order valence-electron chi connectivity index (χ3n) is 2.65. The molecule has 0 radical (unpaired) electrons. The van der Waals surface area contributed by atoms with Gasteiger partial charge in [-0.25, -0.2) is 15.3 Å². The van der Waals surface area contributed by atoms with Gasteiger partial charge in [-0.05, 0) is 6.07 Å². The number of H-pyrrole nitrogens is 2. The Morgan fingerprint density at radius 1 is 1.38 bits per heavy atom. The van der Waals surface area contributed by atoms with E-state index in [1.54, 1.807) is 6.07 Å². The number of anilines is 1. The van der Waals surface area contributed by atoms with E-state index < -0.39 is 22.1 Å². The van der Waals surface area contributed by atoms with Gasteiger partial charge in [0.15, 0.2) is 0 Å². The standard InChI is InChI=1S/C12H11N7O5/c20-9(6-13-10-11(21)15-12(22)18-17-10)16-14-5-7-3-1-2-4-8(7)19(23)24/h1-5H,6H2,(H,13,17)(H,16,20)(H2,15,18,21,22)/b14-5+. The molecule has 0 fully saturated rings. The highest BCUT2D eigenvalue weighted by molar-refractivity contribution is 5.87. The molecule has 1 aromatic heterocycles. The molecule has 2 aromatic rings. The number of aromatic amines is 2. The van der Waals surface area contributed by atoms with Gasteiger partial charge in [0.05, 0.1) is 23.2 Å². The summed E-state index contributed by atoms with van der Waals surface area (Å²) in [5.74, 6) is -0.871. The van der Waals surface area contributed by atoms with E-state index in [4.69, 9.17) is 0 Å². The van der Waals surface area contributed by atoms with Gasteiger partial charge in [-0.2, -0.15) is 5.10 Å². The van der Waals surface area contributed by atoms with Crippen LogP contribution in [0.5, 0.6) is 0 Å². The second-order valence-electron chi connectivity index (χ2n) is 4.32. The number of hydrogen-bond donors (Lipinski definition) is 4. The summed E-state index contributed by atoms with van der Waals surface area (Å²) in [5.41, 5.74) is 0.638. The average Bonchev–Trinajstić information content (AvgIpc) is 2.54. The normalized spacial score (nSPS) is 10.5. The van der Waals surface area contributed by atoms with E-state index in [-0.39, 0.29) is 23.6 Å². The predicted molar refractivity (Wildman–Crippen MR) is 82.8 cm³/mol. The zero-order valence-electron chi connectivity index (χ0n) is 12.0. The first-order chi connectivity index (χ1) is 11.5. The number of carbonyl (C=O) groups is 1. The van der Waals surface area contributed by atoms with Gasteiger partial charge < -0.3 is 5.32 Å². The lowest BCUT2D eigenvalue weighted by atomic mass is 10.2. The second kappa shape index (κ2) is 7.44. The molecule has 1 amide bonds. The minimum absolute atomic E-state index is 0.155. The minimum atomic E-state index is -0.782. The number of para-hydroxylation sites is 1. The van der Waals surface area contributed by atoms with Crippen LogP contribution in [-0.4, -0.2) is 38.8 Å². The molecule has 24 heavy (non-hydrogen) atoms. The Balaban J connectivity index is 1.93. The van der Waals surface area contributed by atoms with E-state index in [1.807, 2.05) is 10.1 Å². The maximum atomic E-state index is 11.6. The summed E-state index contributed by atoms with van der Waals surface area (Å²) >= 11 is 0. The highest BCUT2D eigenvalue weighted by atomic mass is 16.6. The van der Waals surface area contributed by atoms with Crippen molar-refractivity contribution in [3.63, 3.8) is 0 Å². The van der Waals surface area contributed by atoms with Crippen LogP contribution in [0, 0.1) is 10.1 Å². The average molecular weight is 333 g/mol. The molecule has 124 valence electrons. The Morgan fingerprint density at radius 3 is 2.83 bits per heavy atom. The Morgan fingerprint density at radius 2 is 2.12 bits per heavy atom. The molecular formula is C12H11N7O5. The maximum absolute atomic E-state index is 11.6. The highest BCUT2D eigenvalue weighted by Crippen LogP contribution is 2.14. The first-order valence-corrected chi connectivity index (χ1v) is 6.45. The number of nitro benzene ring substituents is 1. The van der Waals surface area contributed by atoms with Crippen molar-refractivity contribution in [1.29, 1.82) is 0 Å². The molecule has 1 heterocycles. The maximum Gasteiger partial charge on any atom is 0.342 e. The zero-order valence-corrected chi connectivity index (χ0v) is 12.0. The van der Waals surface area contributed by atoms with Crippen LogP contribution in [0.25, 0.3) is 0 Å². The van der Waals surface area contributed by atoms with E-state index in [2.05, 4.69) is 20.9 Å². The fourth-order valence-corrected chi connectivity index (χ4v) is 1.61. The predicted octanol–water partition coefficient (Wildman–Crippen LogP) is -1.07. The second-order valence-corrected chi connectivity index (χ2v) is 4.32. The van der Waals surface area contributed by atoms with Crippen molar-refractivity contribution in [3.8, 4) is 0 Å². The van der Waals surface area contributed by atoms with Crippen LogP contribution in [0.15, 0.2) is 39.0 Å². The summed E-state index contributed by atoms with van der Waals surface area (Å²) in [7, 11) is 0. The van der Waals surface area contributed by atoms with Crippen LogP contribution in [-0.2, 0) is 4.79 Å². The summed E-state index contributed by atoms with van der Waals surface area (Å²) in [6, 6.07) is 5.87. The molecule has 0 saturated carbocycles. The lowest BCUT2D eigenvalue weighted by Gasteiger charge is -2.02. The molecule has 12 heteroatoms. The minimum Gasteiger partial charge on any atom is -0.355 e. The number of aromatic nitrogens is 3. The first kappa shape index (κ1) is 16.5. The van der Waals surface area contributed by atoms with Crippen LogP contribution >= 0.6 is 0 Å². The molecule has 4 N–H and O–H groups in total. The molecule has 0 saturated heterocycles. The topological polar surface area (TPSA) is 175 Å². The van der Waals surface area contributed by atoms with E-state index in [1.165, 1.54) is 18.2 Å². The summed E-state index contributed by atoms with van der Waals surface area (Å²) in [5, 5.41) is 22.2. The van der Waals surface area contributed by atoms with Crippen LogP contribution in [0.4, 0.5) is 11.5 Å². The summed E-state index contributed by atoms with van der Waals surface area (Å²) in [6.45, 7) is -0.351. The molecule has 0 aliphatic heterocycles. The van der Waals surface area contributed by atoms with Crippen molar-refractivity contribution >= 4 is 23.6 Å². The SMILES string of the molecule is O=C(CNc1n[nH]c(=O)[nH]c1=O)N/N=C/c1ccccc1[N+](=O)[O-]. The van der Waals surface area contributed by atoms with E-state index in [0.717, 1.165) is 6.21 Å². The molecule has 2 rings (SSSR count). The molecule has 0 bridgehead atoms. The molecule has 1 aromatic carbocycles. The Kier molecular flexibility index (Phi) is 5.13. The van der Waals surface area contributed by atoms with Gasteiger partial charge in [0.1, 0.15) is 0 Å². The van der Waals surface area contributed by atoms with Crippen molar-refractivity contribution in [2.45, 2.75) is 0 Å². The largest absolute Gasteiger partial charge is 0.355 e. The van der Waals surface area contributed by atoms with Gasteiger partial charge in [0, 0.05) is 6.07 Å². The summed E-state index contributed by atoms with van der Waals surface area (Å²) in [4.78, 5) is 45.9. The fourth-order valence-electron chi connectivity index (χ4n) is 1.61. The number of rotatable bonds is 6. The number of amides is 1. The van der Waals surface area contributed by atoms with Crippen molar-refractivity contribution in [2.24, 2.45) is 5.10 Å². The highest BCUT2D eigenvalue weighted by Gasteiger charge is 2.10. The monoisotopic (exact) mass is 333 g/mol. The van der Waals surface area contributed by atoms with Crippen LogP contribution in [0.2, 0.25) is 0 Å². The lowest BCUT2D eigenvalue weighted by molar-refractivity contribution is -0.385. The molecule has 12 nitrogen and oxygen atoms in total. The lowest BCUT2D eigenvalue weighted by Crippen LogP contribution is -2.31. The van der Waals surface area contributed by atoms with Gasteiger partial charge in [0.25, 0.3) is 17.2 Å². The zero-order chi connectivity index (χ0) is 17.5. The van der Waals surface area contributed by atoms with Gasteiger partial charge in [-0.3, -0.25) is 24.7 Å². The molecule has 0 aliphatic rings. The molecule has 0 atom stereocenters. The number of nitrogens with zero attached hydrogens (tertiary/aromatic N) is 3. The Labute approximate surface area is 132 Å². The smallest absolute Gasteiger partial charge is 0.342 e. The fraction of sp³-hybridized carbons (Fsp3) is 0.0833. The van der Waals surface area contributed by atoms with Crippen molar-refractivity contribution in [3.05, 3.63) is 60.8 Å². The van der Waals surface area contributed by atoms with E-state index >= 15 is 0 Å². The number of nitro groups is 1. The van der Waals surface area contributed by atoms with Crippen LogP contribution < -0.4 is 22.0 Å². The van der Waals surface area contributed by atoms with Crippen molar-refractivity contribution in [2.75, 3.05) is 11.9 Å². The van der Waals surface area contributed by atoms with Gasteiger partial charge in [-0.1, -0.05) is 12.1 Å². The van der Waals surface area contributed by atoms with E-state index in [9.17, 15) is 24.5 Å². The van der Waals surface area contributed by atoms with Crippen LogP contribution in [0.1, 0.15) is 5.56 Å². The molecule has 0 unspecified atom stereocenters. The van der Waals surface area contributed by atoms with Crippen molar-refractivity contribution < 1.29 is 9.72 Å². The number of hydrogen-bond acceptors (Lipinski definition) is 8.